The second kappa shape index (κ2) is 7.66. The maximum absolute atomic E-state index is 12.5. The van der Waals surface area contributed by atoms with Crippen molar-refractivity contribution in [2.45, 2.75) is 45.1 Å². The second-order valence-corrected chi connectivity index (χ2v) is 8.88. The molecule has 132 valence electrons. The molecular weight excluding hydrogens is 324 g/mol. The van der Waals surface area contributed by atoms with Gasteiger partial charge in [-0.15, -0.1) is 0 Å². The predicted octanol–water partition coefficient (Wildman–Crippen LogP) is 2.07. The molecule has 5 nitrogen and oxygen atoms in total. The highest BCUT2D eigenvalue weighted by molar-refractivity contribution is 7.89. The molecule has 0 aromatic heterocycles. The molecule has 0 radical (unpaired) electrons. The molecule has 1 aromatic carbocycles. The number of carbonyl (C=O) groups is 1. The smallest absolute Gasteiger partial charge is 0.223 e. The van der Waals surface area contributed by atoms with Crippen LogP contribution in [0.25, 0.3) is 0 Å². The van der Waals surface area contributed by atoms with Gasteiger partial charge < -0.3 is 5.32 Å². The Morgan fingerprint density at radius 1 is 1.17 bits per heavy atom. The van der Waals surface area contributed by atoms with Crippen LogP contribution >= 0.6 is 0 Å². The van der Waals surface area contributed by atoms with Crippen LogP contribution < -0.4 is 5.32 Å². The molecule has 3 rings (SSSR count). The third-order valence-electron chi connectivity index (χ3n) is 5.09. The van der Waals surface area contributed by atoms with Gasteiger partial charge in [-0.05, 0) is 36.8 Å². The van der Waals surface area contributed by atoms with E-state index in [2.05, 4.69) is 11.4 Å². The van der Waals surface area contributed by atoms with E-state index in [4.69, 9.17) is 0 Å². The lowest BCUT2D eigenvalue weighted by atomic mass is 10.0. The summed E-state index contributed by atoms with van der Waals surface area (Å²) in [7, 11) is -3.26. The van der Waals surface area contributed by atoms with E-state index in [-0.39, 0.29) is 17.6 Å². The number of amides is 1. The van der Waals surface area contributed by atoms with Gasteiger partial charge in [0, 0.05) is 25.6 Å². The summed E-state index contributed by atoms with van der Waals surface area (Å²) in [4.78, 5) is 11.9. The average molecular weight is 350 g/mol. The molecule has 1 saturated carbocycles. The summed E-state index contributed by atoms with van der Waals surface area (Å²) < 4.78 is 26.6. The van der Waals surface area contributed by atoms with Crippen molar-refractivity contribution >= 4 is 15.9 Å². The zero-order valence-electron chi connectivity index (χ0n) is 14.0. The molecule has 0 spiro atoms. The van der Waals surface area contributed by atoms with Crippen LogP contribution in [-0.2, 0) is 27.8 Å². The van der Waals surface area contributed by atoms with E-state index in [0.29, 0.717) is 26.1 Å². The third kappa shape index (κ3) is 4.16. The second-order valence-electron chi connectivity index (χ2n) is 6.79. The first-order chi connectivity index (χ1) is 11.6. The number of rotatable bonds is 6. The minimum absolute atomic E-state index is 0.0943. The lowest BCUT2D eigenvalue weighted by Crippen LogP contribution is -2.38. The third-order valence-corrected chi connectivity index (χ3v) is 7.00. The largest absolute Gasteiger partial charge is 0.356 e. The Morgan fingerprint density at radius 3 is 2.62 bits per heavy atom. The molecule has 0 bridgehead atoms. The van der Waals surface area contributed by atoms with Gasteiger partial charge in [0.15, 0.2) is 0 Å². The first kappa shape index (κ1) is 17.4. The zero-order valence-corrected chi connectivity index (χ0v) is 14.9. The van der Waals surface area contributed by atoms with Gasteiger partial charge in [0.25, 0.3) is 0 Å². The zero-order chi connectivity index (χ0) is 17.0. The summed E-state index contributed by atoms with van der Waals surface area (Å²) in [5.74, 6) is 0.331. The number of hydrogen-bond donors (Lipinski definition) is 1. The van der Waals surface area contributed by atoms with Crippen LogP contribution in [0.2, 0.25) is 0 Å². The molecule has 2 aliphatic rings. The van der Waals surface area contributed by atoms with Crippen molar-refractivity contribution in [1.29, 1.82) is 0 Å². The van der Waals surface area contributed by atoms with Crippen LogP contribution in [0.4, 0.5) is 0 Å². The van der Waals surface area contributed by atoms with Crippen LogP contribution in [-0.4, -0.2) is 37.5 Å². The fourth-order valence-electron chi connectivity index (χ4n) is 3.63. The van der Waals surface area contributed by atoms with Gasteiger partial charge >= 0.3 is 0 Å². The van der Waals surface area contributed by atoms with Gasteiger partial charge in [0.05, 0.1) is 5.75 Å². The normalized spacial score (nSPS) is 19.2. The van der Waals surface area contributed by atoms with Crippen LogP contribution in [0.1, 0.15) is 43.2 Å². The monoisotopic (exact) mass is 350 g/mol. The summed E-state index contributed by atoms with van der Waals surface area (Å²) in [6.45, 7) is 1.46. The van der Waals surface area contributed by atoms with Gasteiger partial charge in [-0.3, -0.25) is 4.79 Å². The summed E-state index contributed by atoms with van der Waals surface area (Å²) >= 11 is 0. The van der Waals surface area contributed by atoms with E-state index in [1.165, 1.54) is 5.56 Å². The average Bonchev–Trinajstić information content (AvgIpc) is 3.13. The van der Waals surface area contributed by atoms with E-state index in [0.717, 1.165) is 37.7 Å². The van der Waals surface area contributed by atoms with Crippen molar-refractivity contribution in [3.05, 3.63) is 35.4 Å². The highest BCUT2D eigenvalue weighted by Crippen LogP contribution is 2.24. The molecule has 6 heteroatoms. The molecule has 24 heavy (non-hydrogen) atoms. The summed E-state index contributed by atoms with van der Waals surface area (Å²) in [5, 5.41) is 2.89. The Kier molecular flexibility index (Phi) is 5.56. The topological polar surface area (TPSA) is 66.5 Å². The molecule has 1 heterocycles. The van der Waals surface area contributed by atoms with Crippen molar-refractivity contribution in [1.82, 2.24) is 9.62 Å². The quantitative estimate of drug-likeness (QED) is 0.799. The molecule has 0 atom stereocenters. The van der Waals surface area contributed by atoms with E-state index >= 15 is 0 Å². The standard InChI is InChI=1S/C18H26N2O3S/c21-18(16-7-2-3-8-16)19-11-5-13-24(22,23)20-12-10-15-6-1-4-9-17(15)14-20/h1,4,6,9,16H,2-3,5,7-8,10-14H2,(H,19,21). The van der Waals surface area contributed by atoms with Gasteiger partial charge in [-0.1, -0.05) is 37.1 Å². The number of fused-ring (bicyclic) bond motifs is 1. The molecular formula is C18H26N2O3S. The van der Waals surface area contributed by atoms with Crippen molar-refractivity contribution in [2.75, 3.05) is 18.8 Å². The highest BCUT2D eigenvalue weighted by Gasteiger charge is 2.26. The van der Waals surface area contributed by atoms with Gasteiger partial charge in [0.1, 0.15) is 0 Å². The van der Waals surface area contributed by atoms with Gasteiger partial charge in [-0.2, -0.15) is 4.31 Å². The number of nitrogens with one attached hydrogen (secondary N) is 1. The van der Waals surface area contributed by atoms with Gasteiger partial charge in [-0.25, -0.2) is 8.42 Å². The number of nitrogens with zero attached hydrogens (tertiary/aromatic N) is 1. The Hall–Kier alpha value is -1.40. The van der Waals surface area contributed by atoms with Crippen LogP contribution in [0, 0.1) is 5.92 Å². The summed E-state index contributed by atoms with van der Waals surface area (Å²) in [6, 6.07) is 8.01. The maximum atomic E-state index is 12.5. The molecule has 0 saturated heterocycles. The Labute approximate surface area is 144 Å². The molecule has 1 aromatic rings. The highest BCUT2D eigenvalue weighted by atomic mass is 32.2. The van der Waals surface area contributed by atoms with Crippen molar-refractivity contribution in [2.24, 2.45) is 5.92 Å². The van der Waals surface area contributed by atoms with Crippen LogP contribution in [0.5, 0.6) is 0 Å². The fraction of sp³-hybridized carbons (Fsp3) is 0.611. The fourth-order valence-corrected chi connectivity index (χ4v) is 5.11. The van der Waals surface area contributed by atoms with E-state index in [1.54, 1.807) is 4.31 Å². The van der Waals surface area contributed by atoms with Crippen molar-refractivity contribution in [3.63, 3.8) is 0 Å². The van der Waals surface area contributed by atoms with E-state index in [1.807, 2.05) is 18.2 Å². The van der Waals surface area contributed by atoms with Crippen LogP contribution in [0.15, 0.2) is 24.3 Å². The molecule has 1 aliphatic carbocycles. The Bertz CT molecular complexity index is 681. The molecule has 1 fully saturated rings. The SMILES string of the molecule is O=C(NCCCS(=O)(=O)N1CCc2ccccc2C1)C1CCCC1. The first-order valence-electron chi connectivity index (χ1n) is 8.88. The van der Waals surface area contributed by atoms with Gasteiger partial charge in [0.2, 0.25) is 15.9 Å². The molecule has 1 N–H and O–H groups in total. The number of hydrogen-bond acceptors (Lipinski definition) is 3. The van der Waals surface area contributed by atoms with Crippen molar-refractivity contribution in [3.8, 4) is 0 Å². The number of sulfonamides is 1. The maximum Gasteiger partial charge on any atom is 0.223 e. The lowest BCUT2D eigenvalue weighted by molar-refractivity contribution is -0.124. The number of benzene rings is 1. The number of carbonyl (C=O) groups excluding carboxylic acids is 1. The van der Waals surface area contributed by atoms with E-state index in [9.17, 15) is 13.2 Å². The predicted molar refractivity (Wildman–Crippen MR) is 93.9 cm³/mol. The molecule has 1 amide bonds. The molecule has 0 unspecified atom stereocenters. The van der Waals surface area contributed by atoms with E-state index < -0.39 is 10.0 Å². The minimum atomic E-state index is -3.26. The molecule has 1 aliphatic heterocycles. The van der Waals surface area contributed by atoms with Crippen LogP contribution in [0.3, 0.4) is 0 Å². The summed E-state index contributed by atoms with van der Waals surface area (Å²) in [6.07, 6.45) is 5.44. The lowest BCUT2D eigenvalue weighted by Gasteiger charge is -2.28. The first-order valence-corrected chi connectivity index (χ1v) is 10.5. The van der Waals surface area contributed by atoms with Crippen molar-refractivity contribution < 1.29 is 13.2 Å². The summed E-state index contributed by atoms with van der Waals surface area (Å²) in [5.41, 5.74) is 2.34. The Balaban J connectivity index is 1.45. The Morgan fingerprint density at radius 2 is 1.88 bits per heavy atom. The minimum Gasteiger partial charge on any atom is -0.356 e.